The largest absolute Gasteiger partial charge is 0.494 e. The van der Waals surface area contributed by atoms with Crippen LogP contribution in [-0.2, 0) is 12.8 Å². The third-order valence-corrected chi connectivity index (χ3v) is 5.36. The van der Waals surface area contributed by atoms with Crippen molar-refractivity contribution >= 4 is 27.6 Å². The van der Waals surface area contributed by atoms with Crippen LogP contribution in [0, 0.1) is 5.82 Å². The molecule has 0 aliphatic carbocycles. The van der Waals surface area contributed by atoms with Crippen molar-refractivity contribution in [3.8, 4) is 5.75 Å². The smallest absolute Gasteiger partial charge is 0.165 e. The fourth-order valence-corrected chi connectivity index (χ4v) is 4.06. The molecular formula is C22H20FN3O2. The summed E-state index contributed by atoms with van der Waals surface area (Å²) >= 11 is 0. The van der Waals surface area contributed by atoms with Crippen LogP contribution in [-0.4, -0.2) is 34.8 Å². The summed E-state index contributed by atoms with van der Waals surface area (Å²) in [4.78, 5) is 8.31. The van der Waals surface area contributed by atoms with Gasteiger partial charge in [0.1, 0.15) is 5.82 Å². The number of β-amino-alcohol motifs (C(OH)–C–C–N with tert-alkyl or cyclic N) is 1. The number of H-pyrrole nitrogens is 1. The number of aromatic amines is 1. The van der Waals surface area contributed by atoms with Gasteiger partial charge in [0.15, 0.2) is 11.6 Å². The van der Waals surface area contributed by atoms with Crippen molar-refractivity contribution in [2.75, 3.05) is 19.0 Å². The Kier molecular flexibility index (Phi) is 3.94. The topological polar surface area (TPSA) is 70.2 Å². The van der Waals surface area contributed by atoms with E-state index in [2.05, 4.69) is 16.4 Å². The maximum Gasteiger partial charge on any atom is 0.165 e. The average Bonchev–Trinajstić information content (AvgIpc) is 3.09. The highest BCUT2D eigenvalue weighted by atomic mass is 19.1. The van der Waals surface area contributed by atoms with Gasteiger partial charge < -0.3 is 20.1 Å². The third-order valence-electron chi connectivity index (χ3n) is 5.36. The van der Waals surface area contributed by atoms with E-state index in [0.29, 0.717) is 19.4 Å². The first kappa shape index (κ1) is 17.0. The number of hydrogen-bond donors (Lipinski definition) is 3. The third kappa shape index (κ3) is 2.68. The van der Waals surface area contributed by atoms with Crippen LogP contribution in [0.25, 0.3) is 21.8 Å². The first-order valence-electron chi connectivity index (χ1n) is 9.30. The van der Waals surface area contributed by atoms with Gasteiger partial charge in [-0.2, -0.15) is 0 Å². The van der Waals surface area contributed by atoms with E-state index in [4.69, 9.17) is 9.72 Å². The summed E-state index contributed by atoms with van der Waals surface area (Å²) < 4.78 is 19.2. The van der Waals surface area contributed by atoms with E-state index >= 15 is 0 Å². The van der Waals surface area contributed by atoms with Crippen molar-refractivity contribution < 1.29 is 14.2 Å². The van der Waals surface area contributed by atoms with Crippen molar-refractivity contribution in [2.24, 2.45) is 0 Å². The Hall–Kier alpha value is -3.12. The summed E-state index contributed by atoms with van der Waals surface area (Å²) in [6, 6.07) is 13.1. The summed E-state index contributed by atoms with van der Waals surface area (Å²) in [5.74, 6) is 0.646. The molecular weight excluding hydrogens is 357 g/mol. The van der Waals surface area contributed by atoms with E-state index in [0.717, 1.165) is 44.4 Å². The van der Waals surface area contributed by atoms with Gasteiger partial charge in [0, 0.05) is 41.2 Å². The number of anilines is 1. The van der Waals surface area contributed by atoms with Crippen LogP contribution in [0.5, 0.6) is 5.75 Å². The molecule has 0 bridgehead atoms. The number of aromatic nitrogens is 2. The molecule has 1 aliphatic heterocycles. The summed E-state index contributed by atoms with van der Waals surface area (Å²) in [5.41, 5.74) is 4.65. The van der Waals surface area contributed by atoms with E-state index in [1.165, 1.54) is 13.2 Å². The number of methoxy groups -OCH3 is 1. The molecule has 6 heteroatoms. The lowest BCUT2D eigenvalue weighted by Crippen LogP contribution is -2.28. The predicted molar refractivity (Wildman–Crippen MR) is 108 cm³/mol. The van der Waals surface area contributed by atoms with E-state index < -0.39 is 6.10 Å². The number of hydrogen-bond acceptors (Lipinski definition) is 4. The first-order valence-corrected chi connectivity index (χ1v) is 9.30. The van der Waals surface area contributed by atoms with E-state index in [1.54, 1.807) is 6.07 Å². The summed E-state index contributed by atoms with van der Waals surface area (Å²) in [6.45, 7) is 0.477. The van der Waals surface area contributed by atoms with Crippen LogP contribution in [0.4, 0.5) is 10.2 Å². The van der Waals surface area contributed by atoms with Crippen molar-refractivity contribution in [1.82, 2.24) is 9.97 Å². The molecule has 0 fully saturated rings. The van der Waals surface area contributed by atoms with Crippen LogP contribution in [0.2, 0.25) is 0 Å². The lowest BCUT2D eigenvalue weighted by molar-refractivity contribution is 0.185. The molecule has 0 saturated heterocycles. The number of pyridine rings is 1. The molecule has 1 atom stereocenters. The molecule has 5 nitrogen and oxygen atoms in total. The van der Waals surface area contributed by atoms with Crippen LogP contribution in [0.15, 0.2) is 42.5 Å². The minimum absolute atomic E-state index is 0.230. The van der Waals surface area contributed by atoms with Crippen LogP contribution in [0.3, 0.4) is 0 Å². The fraction of sp³-hybridized carbons (Fsp3) is 0.227. The second-order valence-corrected chi connectivity index (χ2v) is 7.19. The predicted octanol–water partition coefficient (Wildman–Crippen LogP) is 3.78. The number of aliphatic hydroxyl groups excluding tert-OH is 1. The minimum Gasteiger partial charge on any atom is -0.494 e. The highest BCUT2D eigenvalue weighted by Gasteiger charge is 2.24. The number of para-hydroxylation sites is 1. The summed E-state index contributed by atoms with van der Waals surface area (Å²) in [6.07, 6.45) is 0.611. The monoisotopic (exact) mass is 377 g/mol. The molecule has 5 rings (SSSR count). The number of fused-ring (bicyclic) bond motifs is 5. The number of rotatable bonds is 3. The van der Waals surface area contributed by atoms with Crippen LogP contribution in [0.1, 0.15) is 16.8 Å². The fourth-order valence-electron chi connectivity index (χ4n) is 4.06. The molecule has 1 aliphatic rings. The van der Waals surface area contributed by atoms with Gasteiger partial charge in [-0.15, -0.1) is 0 Å². The molecule has 0 radical (unpaired) electrons. The van der Waals surface area contributed by atoms with Gasteiger partial charge in [-0.25, -0.2) is 9.37 Å². The van der Waals surface area contributed by atoms with Gasteiger partial charge in [-0.3, -0.25) is 0 Å². The molecule has 0 spiro atoms. The zero-order valence-corrected chi connectivity index (χ0v) is 15.4. The maximum absolute atomic E-state index is 14.2. The second-order valence-electron chi connectivity index (χ2n) is 7.19. The Morgan fingerprint density at radius 1 is 1.25 bits per heavy atom. The second kappa shape index (κ2) is 6.49. The summed E-state index contributed by atoms with van der Waals surface area (Å²) in [5, 5.41) is 15.6. The van der Waals surface area contributed by atoms with Crippen molar-refractivity contribution in [3.63, 3.8) is 0 Å². The number of nitrogens with zero attached hydrogens (tertiary/aromatic N) is 1. The minimum atomic E-state index is -0.437. The van der Waals surface area contributed by atoms with Crippen LogP contribution < -0.4 is 10.1 Å². The molecule has 0 saturated carbocycles. The average molecular weight is 377 g/mol. The Balaban J connectivity index is 1.71. The molecule has 28 heavy (non-hydrogen) atoms. The zero-order valence-electron chi connectivity index (χ0n) is 15.4. The number of nitrogens with one attached hydrogen (secondary N) is 2. The van der Waals surface area contributed by atoms with Crippen LogP contribution >= 0.6 is 0 Å². The lowest BCUT2D eigenvalue weighted by atomic mass is 9.97. The van der Waals surface area contributed by atoms with E-state index in [9.17, 15) is 9.50 Å². The Labute approximate surface area is 161 Å². The zero-order chi connectivity index (χ0) is 19.3. The van der Waals surface area contributed by atoms with Crippen molar-refractivity contribution in [3.05, 3.63) is 65.1 Å². The van der Waals surface area contributed by atoms with Gasteiger partial charge in [-0.05, 0) is 23.8 Å². The van der Waals surface area contributed by atoms with Gasteiger partial charge in [-0.1, -0.05) is 24.3 Å². The van der Waals surface area contributed by atoms with Gasteiger partial charge in [0.2, 0.25) is 0 Å². The molecule has 4 aromatic rings. The Morgan fingerprint density at radius 2 is 2.11 bits per heavy atom. The first-order chi connectivity index (χ1) is 13.6. The normalized spacial score (nSPS) is 16.2. The highest BCUT2D eigenvalue weighted by Crippen LogP contribution is 2.36. The molecule has 2 aromatic carbocycles. The van der Waals surface area contributed by atoms with Crippen molar-refractivity contribution in [2.45, 2.75) is 18.9 Å². The van der Waals surface area contributed by atoms with Gasteiger partial charge in [0.05, 0.1) is 24.4 Å². The molecule has 3 heterocycles. The quantitative estimate of drug-likeness (QED) is 0.508. The lowest BCUT2D eigenvalue weighted by Gasteiger charge is -2.23. The molecule has 0 amide bonds. The summed E-state index contributed by atoms with van der Waals surface area (Å²) in [7, 11) is 1.46. The van der Waals surface area contributed by atoms with E-state index in [1.807, 2.05) is 24.3 Å². The number of halogens is 1. The van der Waals surface area contributed by atoms with Gasteiger partial charge in [0.25, 0.3) is 0 Å². The molecule has 2 aromatic heterocycles. The number of aliphatic hydroxyl groups is 1. The highest BCUT2D eigenvalue weighted by molar-refractivity contribution is 6.11. The van der Waals surface area contributed by atoms with Gasteiger partial charge >= 0.3 is 0 Å². The number of ether oxygens (including phenoxy) is 1. The SMILES string of the molecule is COc1ccc(Cc2nc3c(c4c2[nH]c2ccccc24)CC(O)CN3)cc1F. The Morgan fingerprint density at radius 3 is 2.93 bits per heavy atom. The molecule has 142 valence electrons. The van der Waals surface area contributed by atoms with Crippen molar-refractivity contribution in [1.29, 1.82) is 0 Å². The number of benzene rings is 2. The Bertz CT molecular complexity index is 1200. The maximum atomic E-state index is 14.2. The standard InChI is InChI=1S/C22H20FN3O2/c1-28-19-7-6-12(8-16(19)23)9-18-21-20(14-4-2-3-5-17(14)25-21)15-10-13(27)11-24-22(15)26-18/h2-8,13,25,27H,9-11H2,1H3,(H,24,26). The van der Waals surface area contributed by atoms with E-state index in [-0.39, 0.29) is 11.6 Å². The molecule has 1 unspecified atom stereocenters. The molecule has 3 N–H and O–H groups in total.